The molecule has 0 bridgehead atoms. The number of para-hydroxylation sites is 1. The van der Waals surface area contributed by atoms with Crippen LogP contribution in [0.2, 0.25) is 0 Å². The summed E-state index contributed by atoms with van der Waals surface area (Å²) in [5.41, 5.74) is 3.13. The second kappa shape index (κ2) is 14.9. The van der Waals surface area contributed by atoms with E-state index in [-0.39, 0.29) is 24.7 Å². The zero-order valence-electron chi connectivity index (χ0n) is 26.9. The van der Waals surface area contributed by atoms with Crippen LogP contribution in [-0.2, 0) is 23.8 Å². The van der Waals surface area contributed by atoms with Crippen molar-refractivity contribution in [3.05, 3.63) is 77.9 Å². The van der Waals surface area contributed by atoms with E-state index >= 15 is 0 Å². The van der Waals surface area contributed by atoms with Crippen LogP contribution in [0.3, 0.4) is 0 Å². The van der Waals surface area contributed by atoms with Crippen LogP contribution in [0, 0.1) is 0 Å². The molecule has 0 unspecified atom stereocenters. The summed E-state index contributed by atoms with van der Waals surface area (Å²) >= 11 is 0. The monoisotopic (exact) mass is 627 g/mol. The normalized spacial score (nSPS) is 14.6. The van der Waals surface area contributed by atoms with Gasteiger partial charge in [-0.2, -0.15) is 0 Å². The van der Waals surface area contributed by atoms with Gasteiger partial charge < -0.3 is 23.6 Å². The number of hydrogen-bond donors (Lipinski definition) is 0. The zero-order valence-corrected chi connectivity index (χ0v) is 26.9. The minimum Gasteiger partial charge on any atom is -0.379 e. The first-order valence-electron chi connectivity index (χ1n) is 15.7. The van der Waals surface area contributed by atoms with Crippen LogP contribution in [-0.4, -0.2) is 91.5 Å². The Morgan fingerprint density at radius 1 is 0.891 bits per heavy atom. The Morgan fingerprint density at radius 2 is 1.59 bits per heavy atom. The lowest BCUT2D eigenvalue weighted by molar-refractivity contribution is -0.147. The van der Waals surface area contributed by atoms with E-state index in [0.717, 1.165) is 53.4 Å². The first-order valence-corrected chi connectivity index (χ1v) is 15.7. The molecular weight excluding hydrogens is 586 g/mol. The van der Waals surface area contributed by atoms with Gasteiger partial charge in [-0.15, -0.1) is 0 Å². The first kappa shape index (κ1) is 33.2. The van der Waals surface area contributed by atoms with Crippen molar-refractivity contribution in [2.75, 3.05) is 53.2 Å². The summed E-state index contributed by atoms with van der Waals surface area (Å²) in [6.07, 6.45) is 1.78. The predicted molar refractivity (Wildman–Crippen MR) is 177 cm³/mol. The third-order valence-corrected chi connectivity index (χ3v) is 8.34. The number of ketones is 2. The number of carbonyl (C=O) groups excluding carboxylic acids is 3. The van der Waals surface area contributed by atoms with Crippen molar-refractivity contribution in [2.24, 2.45) is 5.16 Å². The first-order chi connectivity index (χ1) is 22.3. The average Bonchev–Trinajstić information content (AvgIpc) is 3.41. The summed E-state index contributed by atoms with van der Waals surface area (Å²) in [7, 11) is 1.37. The molecule has 3 aromatic carbocycles. The largest absolute Gasteiger partial charge is 0.379 e. The highest BCUT2D eigenvalue weighted by atomic mass is 16.7. The molecule has 0 atom stereocenters. The van der Waals surface area contributed by atoms with Crippen molar-refractivity contribution in [1.82, 2.24) is 9.47 Å². The Kier molecular flexibility index (Phi) is 10.7. The maximum Gasteiger partial charge on any atom is 0.360 e. The number of morpholine rings is 1. The molecule has 10 heteroatoms. The van der Waals surface area contributed by atoms with Gasteiger partial charge in [0.25, 0.3) is 0 Å². The summed E-state index contributed by atoms with van der Waals surface area (Å²) < 4.78 is 18.0. The van der Waals surface area contributed by atoms with E-state index < -0.39 is 17.3 Å². The number of Topliss-reactive ketones (excluding diaryl/α,β-unsaturated/α-hetero) is 2. The maximum absolute atomic E-state index is 13.8. The maximum atomic E-state index is 13.8. The third kappa shape index (κ3) is 7.10. The van der Waals surface area contributed by atoms with Crippen LogP contribution in [0.25, 0.3) is 27.5 Å². The van der Waals surface area contributed by atoms with Crippen LogP contribution >= 0.6 is 0 Å². The van der Waals surface area contributed by atoms with Crippen molar-refractivity contribution in [2.45, 2.75) is 39.2 Å². The number of oxime groups is 1. The quantitative estimate of drug-likeness (QED) is 0.0583. The van der Waals surface area contributed by atoms with Gasteiger partial charge in [0, 0.05) is 54.4 Å². The highest BCUT2D eigenvalue weighted by Gasteiger charge is 2.36. The molecule has 1 aromatic heterocycles. The Bertz CT molecular complexity index is 1730. The van der Waals surface area contributed by atoms with Gasteiger partial charge in [-0.1, -0.05) is 36.7 Å². The molecular formula is C36H41N3O7. The highest BCUT2D eigenvalue weighted by molar-refractivity contribution is 6.46. The minimum absolute atomic E-state index is 0.0117. The Balaban J connectivity index is 1.46. The smallest absolute Gasteiger partial charge is 0.360 e. The minimum atomic E-state index is -0.711. The van der Waals surface area contributed by atoms with Crippen molar-refractivity contribution in [1.29, 1.82) is 0 Å². The molecule has 0 N–H and O–H groups in total. The van der Waals surface area contributed by atoms with Gasteiger partial charge in [-0.05, 0) is 68.8 Å². The van der Waals surface area contributed by atoms with Crippen LogP contribution in [0.1, 0.15) is 54.3 Å². The van der Waals surface area contributed by atoms with E-state index in [4.69, 9.17) is 19.0 Å². The van der Waals surface area contributed by atoms with Gasteiger partial charge in [-0.25, -0.2) is 4.79 Å². The number of benzene rings is 3. The van der Waals surface area contributed by atoms with E-state index in [9.17, 15) is 14.4 Å². The van der Waals surface area contributed by atoms with Gasteiger partial charge in [-0.3, -0.25) is 14.5 Å². The molecule has 0 spiro atoms. The number of aromatic nitrogens is 1. The molecule has 1 saturated heterocycles. The molecule has 4 aromatic rings. The van der Waals surface area contributed by atoms with E-state index in [1.807, 2.05) is 69.3 Å². The van der Waals surface area contributed by atoms with Gasteiger partial charge in [0.1, 0.15) is 6.61 Å². The lowest BCUT2D eigenvalue weighted by atomic mass is 9.90. The number of carbonyl (C=O) groups is 3. The predicted octanol–water partition coefficient (Wildman–Crippen LogP) is 5.62. The molecule has 2 heterocycles. The molecule has 1 fully saturated rings. The molecule has 10 nitrogen and oxygen atoms in total. The van der Waals surface area contributed by atoms with Gasteiger partial charge in [0.2, 0.25) is 5.78 Å². The Labute approximate surface area is 268 Å². The average molecular weight is 628 g/mol. The molecule has 0 radical (unpaired) electrons. The van der Waals surface area contributed by atoms with Crippen molar-refractivity contribution < 1.29 is 33.4 Å². The SMILES string of the molecule is CCCCOC/C(=N\OC(=O)COC)C(=O)c1ccc(-n2c3ccccc3c3cc(C(=O)C(C)(C)N4CCOCC4)ccc32)cc1. The molecule has 0 aliphatic carbocycles. The van der Waals surface area contributed by atoms with Gasteiger partial charge in [0.15, 0.2) is 11.5 Å². The molecule has 5 rings (SSSR count). The molecule has 46 heavy (non-hydrogen) atoms. The van der Waals surface area contributed by atoms with Gasteiger partial charge >= 0.3 is 5.97 Å². The Morgan fingerprint density at radius 3 is 2.30 bits per heavy atom. The summed E-state index contributed by atoms with van der Waals surface area (Å²) in [6.45, 7) is 8.77. The van der Waals surface area contributed by atoms with Crippen molar-refractivity contribution in [3.63, 3.8) is 0 Å². The fourth-order valence-electron chi connectivity index (χ4n) is 5.74. The second-order valence-corrected chi connectivity index (χ2v) is 11.8. The van der Waals surface area contributed by atoms with Crippen LogP contribution in [0.4, 0.5) is 0 Å². The highest BCUT2D eigenvalue weighted by Crippen LogP contribution is 2.34. The van der Waals surface area contributed by atoms with Crippen molar-refractivity contribution >= 4 is 45.1 Å². The number of fused-ring (bicyclic) bond motifs is 3. The van der Waals surface area contributed by atoms with Crippen LogP contribution in [0.15, 0.2) is 71.9 Å². The Hall–Kier alpha value is -4.22. The van der Waals surface area contributed by atoms with E-state index in [1.165, 1.54) is 7.11 Å². The number of methoxy groups -OCH3 is 1. The van der Waals surface area contributed by atoms with Crippen LogP contribution in [0.5, 0.6) is 0 Å². The fourth-order valence-corrected chi connectivity index (χ4v) is 5.74. The van der Waals surface area contributed by atoms with Crippen molar-refractivity contribution in [3.8, 4) is 5.69 Å². The van der Waals surface area contributed by atoms with Crippen LogP contribution < -0.4 is 0 Å². The lowest BCUT2D eigenvalue weighted by Crippen LogP contribution is -2.54. The number of hydrogen-bond acceptors (Lipinski definition) is 9. The molecule has 1 aliphatic heterocycles. The standard InChI is InChI=1S/C36H41N3O7/c1-5-6-19-45-23-30(37-46-33(40)24-43-4)34(41)25-11-14-27(15-12-25)39-31-10-8-7-9-28(31)29-22-26(13-16-32(29)39)35(42)36(2,3)38-17-20-44-21-18-38/h7-16,22H,5-6,17-21,23-24H2,1-4H3/b37-30+. The summed E-state index contributed by atoms with van der Waals surface area (Å²) in [5.74, 6) is -1.04. The molecule has 0 amide bonds. The zero-order chi connectivity index (χ0) is 32.7. The van der Waals surface area contributed by atoms with Gasteiger partial charge in [0.05, 0.1) is 36.4 Å². The topological polar surface area (TPSA) is 109 Å². The molecule has 1 aliphatic rings. The number of unbranched alkanes of at least 4 members (excludes halogenated alkanes) is 1. The molecule has 0 saturated carbocycles. The third-order valence-electron chi connectivity index (χ3n) is 8.34. The summed E-state index contributed by atoms with van der Waals surface area (Å²) in [5, 5.41) is 5.80. The number of ether oxygens (including phenoxy) is 3. The summed E-state index contributed by atoms with van der Waals surface area (Å²) in [4.78, 5) is 46.1. The fraction of sp³-hybridized carbons (Fsp3) is 0.389. The number of rotatable bonds is 14. The number of nitrogens with zero attached hydrogens (tertiary/aromatic N) is 3. The van der Waals surface area contributed by atoms with E-state index in [0.29, 0.717) is 30.9 Å². The van der Waals surface area contributed by atoms with E-state index in [2.05, 4.69) is 20.7 Å². The molecule has 242 valence electrons. The second-order valence-electron chi connectivity index (χ2n) is 11.8. The lowest BCUT2D eigenvalue weighted by Gasteiger charge is -2.39. The van der Waals surface area contributed by atoms with E-state index in [1.54, 1.807) is 12.1 Å². The summed E-state index contributed by atoms with van der Waals surface area (Å²) in [6, 6.07) is 21.1.